The van der Waals surface area contributed by atoms with Crippen molar-refractivity contribution in [3.8, 4) is 0 Å². The van der Waals surface area contributed by atoms with E-state index in [-0.39, 0.29) is 18.6 Å². The molecule has 2 heterocycles. The molecule has 0 radical (unpaired) electrons. The lowest BCUT2D eigenvalue weighted by atomic mass is 10.0. The molecule has 2 aromatic heterocycles. The number of nitrogens with one attached hydrogen (secondary N) is 1. The largest absolute Gasteiger partial charge is 0.394 e. The van der Waals surface area contributed by atoms with Gasteiger partial charge in [-0.3, -0.25) is 4.79 Å². The molecular formula is C23H32N4O2S. The molecule has 162 valence electrons. The SMILES string of the molecule is CCC(CC)n1c(Cc2cscn2)nc2cc(C(=O)N[C@H](CO)CC(C)C)ccc21. The summed E-state index contributed by atoms with van der Waals surface area (Å²) in [6.45, 7) is 8.48. The first-order chi connectivity index (χ1) is 14.5. The van der Waals surface area contributed by atoms with E-state index in [2.05, 4.69) is 47.9 Å². The molecule has 1 atom stereocenters. The molecule has 3 aromatic rings. The summed E-state index contributed by atoms with van der Waals surface area (Å²) in [6, 6.07) is 5.83. The third-order valence-corrected chi connectivity index (χ3v) is 6.10. The van der Waals surface area contributed by atoms with Gasteiger partial charge in [0.15, 0.2) is 0 Å². The number of carbonyl (C=O) groups is 1. The Labute approximate surface area is 182 Å². The number of aliphatic hydroxyl groups excluding tert-OH is 1. The van der Waals surface area contributed by atoms with Crippen LogP contribution in [0.1, 0.15) is 74.9 Å². The third kappa shape index (κ3) is 5.08. The topological polar surface area (TPSA) is 80.0 Å². The first kappa shape index (κ1) is 22.4. The van der Waals surface area contributed by atoms with E-state index < -0.39 is 0 Å². The standard InChI is InChI=1S/C23H32N4O2S/c1-5-19(6-2)27-21-8-7-16(23(29)25-17(12-28)9-15(3)4)10-20(21)26-22(27)11-18-13-30-14-24-18/h7-8,10,13-15,17,19,28H,5-6,9,11-12H2,1-4H3,(H,25,29)/t17-/m0/s1. The molecule has 30 heavy (non-hydrogen) atoms. The number of thiazole rings is 1. The van der Waals surface area contributed by atoms with Gasteiger partial charge in [0, 0.05) is 23.4 Å². The van der Waals surface area contributed by atoms with Crippen LogP contribution in [0.4, 0.5) is 0 Å². The van der Waals surface area contributed by atoms with Crippen molar-refractivity contribution in [3.05, 3.63) is 46.2 Å². The molecule has 1 amide bonds. The molecule has 2 N–H and O–H groups in total. The van der Waals surface area contributed by atoms with Gasteiger partial charge in [0.25, 0.3) is 5.91 Å². The molecule has 0 aliphatic rings. The quantitative estimate of drug-likeness (QED) is 0.495. The molecule has 0 saturated heterocycles. The Bertz CT molecular complexity index is 961. The van der Waals surface area contributed by atoms with E-state index in [9.17, 15) is 9.90 Å². The number of amides is 1. The van der Waals surface area contributed by atoms with Gasteiger partial charge in [0.05, 0.1) is 34.9 Å². The minimum atomic E-state index is -0.240. The fourth-order valence-electron chi connectivity index (χ4n) is 3.98. The molecular weight excluding hydrogens is 396 g/mol. The number of hydrogen-bond acceptors (Lipinski definition) is 5. The summed E-state index contributed by atoms with van der Waals surface area (Å²) in [7, 11) is 0. The Balaban J connectivity index is 1.94. The average Bonchev–Trinajstić information content (AvgIpc) is 3.36. The zero-order valence-corrected chi connectivity index (χ0v) is 19.1. The van der Waals surface area contributed by atoms with Crippen molar-refractivity contribution in [1.29, 1.82) is 0 Å². The lowest BCUT2D eigenvalue weighted by Gasteiger charge is -2.19. The van der Waals surface area contributed by atoms with Crippen molar-refractivity contribution in [3.63, 3.8) is 0 Å². The van der Waals surface area contributed by atoms with Crippen molar-refractivity contribution < 1.29 is 9.90 Å². The van der Waals surface area contributed by atoms with Crippen LogP contribution in [0.2, 0.25) is 0 Å². The van der Waals surface area contributed by atoms with Gasteiger partial charge in [-0.05, 0) is 43.4 Å². The highest BCUT2D eigenvalue weighted by molar-refractivity contribution is 7.07. The maximum absolute atomic E-state index is 12.8. The van der Waals surface area contributed by atoms with Crippen LogP contribution < -0.4 is 5.32 Å². The number of nitrogens with zero attached hydrogens (tertiary/aromatic N) is 3. The number of fused-ring (bicyclic) bond motifs is 1. The number of aliphatic hydroxyl groups is 1. The zero-order valence-electron chi connectivity index (χ0n) is 18.3. The predicted octanol–water partition coefficient (Wildman–Crippen LogP) is 4.58. The van der Waals surface area contributed by atoms with Crippen LogP contribution in [0.5, 0.6) is 0 Å². The predicted molar refractivity (Wildman–Crippen MR) is 122 cm³/mol. The molecule has 7 heteroatoms. The summed E-state index contributed by atoms with van der Waals surface area (Å²) in [5.41, 5.74) is 5.30. The smallest absolute Gasteiger partial charge is 0.251 e. The lowest BCUT2D eigenvalue weighted by molar-refractivity contribution is 0.0908. The van der Waals surface area contributed by atoms with Crippen molar-refractivity contribution in [1.82, 2.24) is 19.9 Å². The summed E-state index contributed by atoms with van der Waals surface area (Å²) in [5.74, 6) is 1.21. The Morgan fingerprint density at radius 2 is 2.03 bits per heavy atom. The second-order valence-electron chi connectivity index (χ2n) is 8.21. The summed E-state index contributed by atoms with van der Waals surface area (Å²) in [4.78, 5) is 22.1. The van der Waals surface area contributed by atoms with Gasteiger partial charge in [0.1, 0.15) is 5.82 Å². The van der Waals surface area contributed by atoms with Crippen LogP contribution in [0.3, 0.4) is 0 Å². The summed E-state index contributed by atoms with van der Waals surface area (Å²) in [5, 5.41) is 14.6. The van der Waals surface area contributed by atoms with Crippen LogP contribution in [0.25, 0.3) is 11.0 Å². The van der Waals surface area contributed by atoms with Gasteiger partial charge in [-0.15, -0.1) is 11.3 Å². The number of imidazole rings is 1. The first-order valence-electron chi connectivity index (χ1n) is 10.8. The van der Waals surface area contributed by atoms with Crippen LogP contribution in [0.15, 0.2) is 29.1 Å². The van der Waals surface area contributed by atoms with E-state index in [0.29, 0.717) is 23.9 Å². The minimum Gasteiger partial charge on any atom is -0.394 e. The molecule has 0 aliphatic carbocycles. The van der Waals surface area contributed by atoms with Gasteiger partial charge in [-0.1, -0.05) is 27.7 Å². The average molecular weight is 429 g/mol. The molecule has 0 unspecified atom stereocenters. The third-order valence-electron chi connectivity index (χ3n) is 5.47. The van der Waals surface area contributed by atoms with Gasteiger partial charge in [-0.2, -0.15) is 0 Å². The highest BCUT2D eigenvalue weighted by atomic mass is 32.1. The number of benzene rings is 1. The van der Waals surface area contributed by atoms with E-state index in [1.165, 1.54) is 0 Å². The molecule has 0 aliphatic heterocycles. The first-order valence-corrected chi connectivity index (χ1v) is 11.7. The normalized spacial score (nSPS) is 12.8. The Hall–Kier alpha value is -2.25. The van der Waals surface area contributed by atoms with Gasteiger partial charge >= 0.3 is 0 Å². The summed E-state index contributed by atoms with van der Waals surface area (Å²) < 4.78 is 2.31. The molecule has 6 nitrogen and oxygen atoms in total. The van der Waals surface area contributed by atoms with Crippen molar-refractivity contribution in [2.75, 3.05) is 6.61 Å². The Kier molecular flexibility index (Phi) is 7.61. The van der Waals surface area contributed by atoms with Crippen molar-refractivity contribution in [2.45, 2.75) is 65.5 Å². The maximum Gasteiger partial charge on any atom is 0.251 e. The van der Waals surface area contributed by atoms with Crippen LogP contribution in [-0.4, -0.2) is 38.2 Å². The second kappa shape index (κ2) is 10.2. The van der Waals surface area contributed by atoms with E-state index in [1.807, 2.05) is 23.7 Å². The fraction of sp³-hybridized carbons (Fsp3) is 0.522. The summed E-state index contributed by atoms with van der Waals surface area (Å²) >= 11 is 1.59. The number of aromatic nitrogens is 3. The lowest BCUT2D eigenvalue weighted by Crippen LogP contribution is -2.38. The molecule has 0 bridgehead atoms. The van der Waals surface area contributed by atoms with E-state index >= 15 is 0 Å². The molecule has 0 saturated carbocycles. The van der Waals surface area contributed by atoms with Crippen LogP contribution >= 0.6 is 11.3 Å². The second-order valence-corrected chi connectivity index (χ2v) is 8.93. The van der Waals surface area contributed by atoms with Crippen molar-refractivity contribution in [2.24, 2.45) is 5.92 Å². The number of carbonyl (C=O) groups excluding carboxylic acids is 1. The maximum atomic E-state index is 12.8. The summed E-state index contributed by atoms with van der Waals surface area (Å²) in [6.07, 6.45) is 3.45. The van der Waals surface area contributed by atoms with Crippen LogP contribution in [0, 0.1) is 5.92 Å². The van der Waals surface area contributed by atoms with E-state index in [4.69, 9.17) is 4.98 Å². The van der Waals surface area contributed by atoms with Gasteiger partial charge < -0.3 is 15.0 Å². The minimum absolute atomic E-state index is 0.0622. The van der Waals surface area contributed by atoms with Crippen molar-refractivity contribution >= 4 is 28.3 Å². The highest BCUT2D eigenvalue weighted by Crippen LogP contribution is 2.27. The number of rotatable bonds is 10. The fourth-order valence-corrected chi connectivity index (χ4v) is 4.54. The molecule has 1 aromatic carbocycles. The van der Waals surface area contributed by atoms with Gasteiger partial charge in [-0.25, -0.2) is 9.97 Å². The zero-order chi connectivity index (χ0) is 21.7. The molecule has 0 spiro atoms. The number of hydrogen-bond donors (Lipinski definition) is 2. The van der Waals surface area contributed by atoms with Gasteiger partial charge in [0.2, 0.25) is 0 Å². The monoisotopic (exact) mass is 428 g/mol. The molecule has 3 rings (SSSR count). The van der Waals surface area contributed by atoms with Crippen LogP contribution in [-0.2, 0) is 6.42 Å². The highest BCUT2D eigenvalue weighted by Gasteiger charge is 2.20. The van der Waals surface area contributed by atoms with E-state index in [1.54, 1.807) is 11.3 Å². The Morgan fingerprint density at radius 1 is 1.27 bits per heavy atom. The molecule has 0 fully saturated rings. The van der Waals surface area contributed by atoms with E-state index in [0.717, 1.165) is 41.8 Å². The Morgan fingerprint density at radius 3 is 2.63 bits per heavy atom.